The summed E-state index contributed by atoms with van der Waals surface area (Å²) >= 11 is 0. The highest BCUT2D eigenvalue weighted by Crippen LogP contribution is 2.73. The van der Waals surface area contributed by atoms with E-state index in [2.05, 4.69) is 114 Å². The first-order chi connectivity index (χ1) is 14.8. The number of H-pyrrole nitrogens is 2. The van der Waals surface area contributed by atoms with Gasteiger partial charge in [-0.3, -0.25) is 9.98 Å². The Morgan fingerprint density at radius 2 is 0.875 bits per heavy atom. The van der Waals surface area contributed by atoms with Crippen LogP contribution in [0.25, 0.3) is 0 Å². The molecule has 2 N–H and O–H groups in total. The molecule has 2 aromatic heterocycles. The number of aliphatic imine (C=N–C) groups is 2. The summed E-state index contributed by atoms with van der Waals surface area (Å²) in [6.07, 6.45) is 9.13. The second-order valence-corrected chi connectivity index (χ2v) is 12.3. The van der Waals surface area contributed by atoms with Crippen molar-refractivity contribution in [2.24, 2.45) is 15.4 Å². The number of fused-ring (bicyclic) bond motifs is 4. The van der Waals surface area contributed by atoms with E-state index >= 15 is 0 Å². The van der Waals surface area contributed by atoms with Crippen molar-refractivity contribution in [2.75, 3.05) is 0 Å². The van der Waals surface area contributed by atoms with Crippen LogP contribution in [0.15, 0.2) is 58.6 Å². The molecule has 5 heterocycles. The summed E-state index contributed by atoms with van der Waals surface area (Å²) in [4.78, 5) is 18.4. The predicted octanol–water partition coefficient (Wildman–Crippen LogP) is 5.78. The zero-order chi connectivity index (χ0) is 22.9. The molecule has 3 aliphatic heterocycles. The van der Waals surface area contributed by atoms with Gasteiger partial charge in [0.2, 0.25) is 0 Å². The van der Waals surface area contributed by atoms with Crippen LogP contribution in [0.3, 0.4) is 0 Å². The quantitative estimate of drug-likeness (QED) is 0.537. The van der Waals surface area contributed by atoms with E-state index in [-0.39, 0.29) is 32.7 Å². The zero-order valence-electron chi connectivity index (χ0n) is 20.5. The van der Waals surface area contributed by atoms with Crippen LogP contribution in [0.4, 0.5) is 0 Å². The lowest BCUT2D eigenvalue weighted by Crippen LogP contribution is -2.29. The highest BCUT2D eigenvalue weighted by atomic mass is 15.2. The summed E-state index contributed by atoms with van der Waals surface area (Å²) in [5, 5.41) is 0. The molecule has 166 valence electrons. The second kappa shape index (κ2) is 5.30. The van der Waals surface area contributed by atoms with E-state index in [1.807, 2.05) is 0 Å². The van der Waals surface area contributed by atoms with Gasteiger partial charge in [0.15, 0.2) is 0 Å². The summed E-state index contributed by atoms with van der Waals surface area (Å²) in [5.74, 6) is 0. The van der Waals surface area contributed by atoms with Crippen molar-refractivity contribution in [2.45, 2.75) is 82.7 Å². The molecule has 4 heteroatoms. The van der Waals surface area contributed by atoms with E-state index in [0.29, 0.717) is 0 Å². The lowest BCUT2D eigenvalue weighted by atomic mass is 9.84. The molecule has 1 saturated carbocycles. The average molecular weight is 427 g/mol. The molecule has 32 heavy (non-hydrogen) atoms. The molecule has 0 amide bonds. The fraction of sp³-hybridized carbons (Fsp3) is 0.500. The Hall–Kier alpha value is -2.62. The number of hydrogen-bond acceptors (Lipinski definition) is 2. The minimum Gasteiger partial charge on any atom is -0.361 e. The molecule has 0 radical (unpaired) electrons. The SMILES string of the molecule is CC1(C)C2=N[C@@]3(C=C2)C(C)(C)[C@]32C=CC(=N2)C(C)(C)c2ccc([nH]2)C(C)(C)c2ccc1[nH]2. The van der Waals surface area contributed by atoms with Crippen molar-refractivity contribution in [1.29, 1.82) is 0 Å². The highest BCUT2D eigenvalue weighted by molar-refractivity contribution is 6.08. The summed E-state index contributed by atoms with van der Waals surface area (Å²) < 4.78 is 0. The van der Waals surface area contributed by atoms with Crippen LogP contribution in [0.1, 0.15) is 78.2 Å². The Morgan fingerprint density at radius 1 is 0.531 bits per heavy atom. The molecule has 8 bridgehead atoms. The largest absolute Gasteiger partial charge is 0.361 e. The lowest BCUT2D eigenvalue weighted by Gasteiger charge is -2.27. The fourth-order valence-corrected chi connectivity index (χ4v) is 6.31. The Kier molecular flexibility index (Phi) is 3.31. The third kappa shape index (κ3) is 1.97. The topological polar surface area (TPSA) is 56.3 Å². The molecule has 1 fully saturated rings. The van der Waals surface area contributed by atoms with E-state index in [1.165, 1.54) is 22.8 Å². The third-order valence-electron chi connectivity index (χ3n) is 9.33. The molecule has 2 atom stereocenters. The summed E-state index contributed by atoms with van der Waals surface area (Å²) in [6, 6.07) is 8.94. The first-order valence-corrected chi connectivity index (χ1v) is 11.8. The lowest BCUT2D eigenvalue weighted by molar-refractivity contribution is 0.536. The van der Waals surface area contributed by atoms with E-state index < -0.39 is 0 Å². The summed E-state index contributed by atoms with van der Waals surface area (Å²) in [7, 11) is 0. The van der Waals surface area contributed by atoms with Gasteiger partial charge in [0.05, 0.1) is 0 Å². The van der Waals surface area contributed by atoms with Gasteiger partial charge in [0.1, 0.15) is 11.1 Å². The minimum absolute atomic E-state index is 0.0660. The molecule has 0 unspecified atom stereocenters. The van der Waals surface area contributed by atoms with Crippen molar-refractivity contribution in [1.82, 2.24) is 9.97 Å². The molecule has 4 aliphatic rings. The first-order valence-electron chi connectivity index (χ1n) is 11.8. The normalized spacial score (nSPS) is 33.8. The smallest absolute Gasteiger partial charge is 0.116 e. The van der Waals surface area contributed by atoms with Gasteiger partial charge >= 0.3 is 0 Å². The van der Waals surface area contributed by atoms with Crippen LogP contribution in [0.5, 0.6) is 0 Å². The van der Waals surface area contributed by atoms with Gasteiger partial charge in [-0.05, 0) is 78.0 Å². The van der Waals surface area contributed by atoms with Crippen molar-refractivity contribution in [3.8, 4) is 0 Å². The summed E-state index contributed by atoms with van der Waals surface area (Å²) in [5.41, 5.74) is 5.77. The van der Waals surface area contributed by atoms with Gasteiger partial charge in [-0.15, -0.1) is 0 Å². The maximum absolute atomic E-state index is 5.43. The molecule has 1 aliphatic carbocycles. The van der Waals surface area contributed by atoms with Crippen LogP contribution in [0.2, 0.25) is 0 Å². The number of aromatic amines is 2. The van der Waals surface area contributed by atoms with Gasteiger partial charge in [0, 0.05) is 55.9 Å². The van der Waals surface area contributed by atoms with E-state index in [9.17, 15) is 0 Å². The van der Waals surface area contributed by atoms with E-state index in [1.54, 1.807) is 0 Å². The number of allylic oxidation sites excluding steroid dienone is 2. The van der Waals surface area contributed by atoms with Gasteiger partial charge in [-0.2, -0.15) is 0 Å². The van der Waals surface area contributed by atoms with E-state index in [4.69, 9.17) is 9.98 Å². The van der Waals surface area contributed by atoms with Crippen LogP contribution >= 0.6 is 0 Å². The van der Waals surface area contributed by atoms with Crippen molar-refractivity contribution < 1.29 is 0 Å². The Morgan fingerprint density at radius 3 is 1.25 bits per heavy atom. The number of nitrogens with one attached hydrogen (secondary N) is 2. The monoisotopic (exact) mass is 426 g/mol. The highest BCUT2D eigenvalue weighted by Gasteiger charge is 2.83. The molecule has 6 rings (SSSR count). The van der Waals surface area contributed by atoms with E-state index in [0.717, 1.165) is 11.4 Å². The molecule has 0 saturated heterocycles. The Labute approximate surface area is 191 Å². The average Bonchev–Trinajstić information content (AvgIpc) is 3.45. The predicted molar refractivity (Wildman–Crippen MR) is 132 cm³/mol. The van der Waals surface area contributed by atoms with Crippen LogP contribution < -0.4 is 0 Å². The maximum Gasteiger partial charge on any atom is 0.116 e. The van der Waals surface area contributed by atoms with Gasteiger partial charge in [-0.25, -0.2) is 0 Å². The van der Waals surface area contributed by atoms with Crippen LogP contribution in [-0.2, 0) is 16.2 Å². The zero-order valence-corrected chi connectivity index (χ0v) is 20.5. The minimum atomic E-state index is -0.309. The van der Waals surface area contributed by atoms with Gasteiger partial charge in [-0.1, -0.05) is 26.0 Å². The Bertz CT molecular complexity index is 1190. The molecule has 2 aromatic rings. The maximum atomic E-state index is 5.43. The standard InChI is InChI=1S/C28H34N4/c1-23(2)17-9-11-19(29-17)24(3,4)21-13-15-27(31-21)26(7,8)28(27)16-14-22(32-28)25(5,6)20-12-10-18(23)30-20/h9-16,29-30H,1-8H3/t27-,28+. The molecule has 2 spiro atoms. The van der Waals surface area contributed by atoms with Crippen LogP contribution in [-0.4, -0.2) is 32.5 Å². The first kappa shape index (κ1) is 20.0. The molecule has 0 aromatic carbocycles. The molecular formula is C28H34N4. The number of rotatable bonds is 0. The van der Waals surface area contributed by atoms with Crippen molar-refractivity contribution >= 4 is 11.4 Å². The van der Waals surface area contributed by atoms with Crippen LogP contribution in [0, 0.1) is 5.41 Å². The van der Waals surface area contributed by atoms with Crippen molar-refractivity contribution in [3.05, 3.63) is 71.3 Å². The summed E-state index contributed by atoms with van der Waals surface area (Å²) in [6.45, 7) is 18.3. The number of hydrogen-bond donors (Lipinski definition) is 2. The second-order valence-electron chi connectivity index (χ2n) is 12.3. The number of aromatic nitrogens is 2. The molecular weight excluding hydrogens is 392 g/mol. The fourth-order valence-electron chi connectivity index (χ4n) is 6.31. The van der Waals surface area contributed by atoms with Gasteiger partial charge < -0.3 is 9.97 Å². The number of nitrogens with zero attached hydrogens (tertiary/aromatic N) is 2. The van der Waals surface area contributed by atoms with Gasteiger partial charge in [0.25, 0.3) is 0 Å². The molecule has 4 nitrogen and oxygen atoms in total. The third-order valence-corrected chi connectivity index (χ3v) is 9.33. The Balaban J connectivity index is 1.63. The van der Waals surface area contributed by atoms with Crippen molar-refractivity contribution in [3.63, 3.8) is 0 Å².